The van der Waals surface area contributed by atoms with Gasteiger partial charge in [-0.05, 0) is 36.6 Å². The molecule has 1 aliphatic rings. The standard InChI is InChI=1S/C17H14O2/c18-15-6-3-5-12(15)11-8-9-17-14(10-11)13-4-1-2-7-16(13)19-17/h1-2,4,7-10,12H,3,5-6H2. The van der Waals surface area contributed by atoms with Crippen molar-refractivity contribution in [3.05, 3.63) is 48.0 Å². The fourth-order valence-electron chi connectivity index (χ4n) is 3.13. The molecule has 19 heavy (non-hydrogen) atoms. The minimum atomic E-state index is 0.0954. The molecule has 1 unspecified atom stereocenters. The highest BCUT2D eigenvalue weighted by atomic mass is 16.3. The van der Waals surface area contributed by atoms with Gasteiger partial charge in [-0.2, -0.15) is 0 Å². The third kappa shape index (κ3) is 1.60. The van der Waals surface area contributed by atoms with Crippen LogP contribution >= 0.6 is 0 Å². The molecule has 1 fully saturated rings. The van der Waals surface area contributed by atoms with E-state index in [-0.39, 0.29) is 5.92 Å². The second kappa shape index (κ2) is 3.95. The number of fused-ring (bicyclic) bond motifs is 3. The van der Waals surface area contributed by atoms with Gasteiger partial charge in [0.15, 0.2) is 0 Å². The molecule has 2 nitrogen and oxygen atoms in total. The normalized spacial score (nSPS) is 19.6. The van der Waals surface area contributed by atoms with E-state index in [1.54, 1.807) is 0 Å². The lowest BCUT2D eigenvalue weighted by molar-refractivity contribution is -0.118. The molecule has 1 atom stereocenters. The highest BCUT2D eigenvalue weighted by Crippen LogP contribution is 2.35. The van der Waals surface area contributed by atoms with Crippen molar-refractivity contribution in [3.63, 3.8) is 0 Å². The van der Waals surface area contributed by atoms with E-state index in [4.69, 9.17) is 4.42 Å². The Balaban J connectivity index is 1.94. The van der Waals surface area contributed by atoms with Crippen LogP contribution in [0.2, 0.25) is 0 Å². The molecule has 0 aliphatic heterocycles. The highest BCUT2D eigenvalue weighted by molar-refractivity contribution is 6.05. The van der Waals surface area contributed by atoms with Gasteiger partial charge in [0.05, 0.1) is 0 Å². The van der Waals surface area contributed by atoms with Crippen molar-refractivity contribution in [1.82, 2.24) is 0 Å². The van der Waals surface area contributed by atoms with Crippen LogP contribution in [-0.2, 0) is 4.79 Å². The number of carbonyl (C=O) groups is 1. The van der Waals surface area contributed by atoms with Gasteiger partial charge in [0.2, 0.25) is 0 Å². The van der Waals surface area contributed by atoms with E-state index < -0.39 is 0 Å². The average Bonchev–Trinajstić information content (AvgIpc) is 3.01. The van der Waals surface area contributed by atoms with E-state index in [1.165, 1.54) is 0 Å². The summed E-state index contributed by atoms with van der Waals surface area (Å²) in [6, 6.07) is 14.2. The third-order valence-electron chi connectivity index (χ3n) is 4.11. The molecule has 2 heteroatoms. The van der Waals surface area contributed by atoms with Gasteiger partial charge < -0.3 is 4.42 Å². The van der Waals surface area contributed by atoms with Gasteiger partial charge in [-0.3, -0.25) is 4.79 Å². The first-order chi connectivity index (χ1) is 9.33. The molecular weight excluding hydrogens is 236 g/mol. The topological polar surface area (TPSA) is 30.2 Å². The summed E-state index contributed by atoms with van der Waals surface area (Å²) in [6.45, 7) is 0. The minimum absolute atomic E-state index is 0.0954. The maximum absolute atomic E-state index is 11.9. The van der Waals surface area contributed by atoms with E-state index in [2.05, 4.69) is 12.1 Å². The Kier molecular flexibility index (Phi) is 2.25. The third-order valence-corrected chi connectivity index (χ3v) is 4.11. The summed E-state index contributed by atoms with van der Waals surface area (Å²) >= 11 is 0. The van der Waals surface area contributed by atoms with Gasteiger partial charge in [0.1, 0.15) is 16.9 Å². The van der Waals surface area contributed by atoms with Crippen LogP contribution in [0.1, 0.15) is 30.7 Å². The van der Waals surface area contributed by atoms with Crippen molar-refractivity contribution >= 4 is 27.7 Å². The zero-order valence-electron chi connectivity index (χ0n) is 10.6. The molecule has 1 saturated carbocycles. The number of hydrogen-bond acceptors (Lipinski definition) is 2. The summed E-state index contributed by atoms with van der Waals surface area (Å²) in [7, 11) is 0. The predicted molar refractivity (Wildman–Crippen MR) is 75.3 cm³/mol. The summed E-state index contributed by atoms with van der Waals surface area (Å²) in [6.07, 6.45) is 2.74. The van der Waals surface area contributed by atoms with Crippen LogP contribution in [0.5, 0.6) is 0 Å². The van der Waals surface area contributed by atoms with Crippen LogP contribution in [0.25, 0.3) is 21.9 Å². The van der Waals surface area contributed by atoms with Crippen LogP contribution in [0.4, 0.5) is 0 Å². The second-order valence-electron chi connectivity index (χ2n) is 5.26. The predicted octanol–water partition coefficient (Wildman–Crippen LogP) is 4.42. The molecule has 3 aromatic rings. The molecule has 1 aliphatic carbocycles. The minimum Gasteiger partial charge on any atom is -0.456 e. The summed E-state index contributed by atoms with van der Waals surface area (Å²) in [5, 5.41) is 2.25. The molecular formula is C17H14O2. The van der Waals surface area contributed by atoms with Gasteiger partial charge in [-0.25, -0.2) is 0 Å². The summed E-state index contributed by atoms with van der Waals surface area (Å²) in [5.41, 5.74) is 2.95. The lowest BCUT2D eigenvalue weighted by Crippen LogP contribution is -2.03. The highest BCUT2D eigenvalue weighted by Gasteiger charge is 2.26. The lowest BCUT2D eigenvalue weighted by atomic mass is 9.95. The fraction of sp³-hybridized carbons (Fsp3) is 0.235. The number of rotatable bonds is 1. The Morgan fingerprint density at radius 2 is 1.84 bits per heavy atom. The molecule has 0 saturated heterocycles. The molecule has 2 aromatic carbocycles. The van der Waals surface area contributed by atoms with E-state index in [9.17, 15) is 4.79 Å². The van der Waals surface area contributed by atoms with Crippen LogP contribution in [-0.4, -0.2) is 5.78 Å². The van der Waals surface area contributed by atoms with Gasteiger partial charge >= 0.3 is 0 Å². The quantitative estimate of drug-likeness (QED) is 0.639. The number of para-hydroxylation sites is 1. The first kappa shape index (κ1) is 10.8. The van der Waals surface area contributed by atoms with Crippen molar-refractivity contribution in [2.45, 2.75) is 25.2 Å². The Labute approximate surface area is 111 Å². The van der Waals surface area contributed by atoms with Crippen LogP contribution in [0.3, 0.4) is 0 Å². The number of ketones is 1. The Bertz CT molecular complexity index is 782. The Hall–Kier alpha value is -2.09. The van der Waals surface area contributed by atoms with Crippen molar-refractivity contribution in [2.24, 2.45) is 0 Å². The van der Waals surface area contributed by atoms with Crippen molar-refractivity contribution in [3.8, 4) is 0 Å². The molecule has 0 N–H and O–H groups in total. The Morgan fingerprint density at radius 3 is 2.68 bits per heavy atom. The van der Waals surface area contributed by atoms with E-state index >= 15 is 0 Å². The molecule has 4 rings (SSSR count). The lowest BCUT2D eigenvalue weighted by Gasteiger charge is -2.07. The largest absolute Gasteiger partial charge is 0.456 e. The zero-order valence-corrected chi connectivity index (χ0v) is 10.6. The number of hydrogen-bond donors (Lipinski definition) is 0. The maximum atomic E-state index is 11.9. The molecule has 94 valence electrons. The first-order valence-corrected chi connectivity index (χ1v) is 6.77. The molecule has 0 amide bonds. The smallest absolute Gasteiger partial charge is 0.140 e. The van der Waals surface area contributed by atoms with E-state index in [1.807, 2.05) is 30.3 Å². The summed E-state index contributed by atoms with van der Waals surface area (Å²) in [4.78, 5) is 11.9. The van der Waals surface area contributed by atoms with Crippen molar-refractivity contribution < 1.29 is 9.21 Å². The monoisotopic (exact) mass is 250 g/mol. The van der Waals surface area contributed by atoms with Gasteiger partial charge in [0.25, 0.3) is 0 Å². The number of furan rings is 1. The fourth-order valence-corrected chi connectivity index (χ4v) is 3.13. The van der Waals surface area contributed by atoms with Gasteiger partial charge in [-0.15, -0.1) is 0 Å². The van der Waals surface area contributed by atoms with Gasteiger partial charge in [0, 0.05) is 23.1 Å². The molecule has 0 spiro atoms. The van der Waals surface area contributed by atoms with E-state index in [0.717, 1.165) is 46.8 Å². The van der Waals surface area contributed by atoms with Crippen molar-refractivity contribution in [2.75, 3.05) is 0 Å². The number of benzene rings is 2. The van der Waals surface area contributed by atoms with Gasteiger partial charge in [-0.1, -0.05) is 24.3 Å². The summed E-state index contributed by atoms with van der Waals surface area (Å²) < 4.78 is 5.81. The van der Waals surface area contributed by atoms with Crippen LogP contribution < -0.4 is 0 Å². The average molecular weight is 250 g/mol. The summed E-state index contributed by atoms with van der Waals surface area (Å²) in [5.74, 6) is 0.477. The number of carbonyl (C=O) groups excluding carboxylic acids is 1. The van der Waals surface area contributed by atoms with Crippen LogP contribution in [0.15, 0.2) is 46.9 Å². The number of Topliss-reactive ketones (excluding diaryl/α,β-unsaturated/α-hetero) is 1. The maximum Gasteiger partial charge on any atom is 0.140 e. The zero-order chi connectivity index (χ0) is 12.8. The van der Waals surface area contributed by atoms with Crippen LogP contribution in [0, 0.1) is 0 Å². The Morgan fingerprint density at radius 1 is 1.00 bits per heavy atom. The second-order valence-corrected chi connectivity index (χ2v) is 5.26. The molecule has 1 heterocycles. The SMILES string of the molecule is O=C1CCCC1c1ccc2oc3ccccc3c2c1. The molecule has 0 radical (unpaired) electrons. The van der Waals surface area contributed by atoms with Crippen molar-refractivity contribution in [1.29, 1.82) is 0 Å². The molecule has 1 aromatic heterocycles. The van der Waals surface area contributed by atoms with E-state index in [0.29, 0.717) is 5.78 Å². The molecule has 0 bridgehead atoms. The first-order valence-electron chi connectivity index (χ1n) is 6.77.